The van der Waals surface area contributed by atoms with Crippen LogP contribution in [0.3, 0.4) is 0 Å². The van der Waals surface area contributed by atoms with Crippen LogP contribution in [0.1, 0.15) is 140 Å². The Balaban J connectivity index is 1.44. The summed E-state index contributed by atoms with van der Waals surface area (Å²) in [4.78, 5) is 63.0. The molecule has 55 heavy (non-hydrogen) atoms. The third-order valence-corrected chi connectivity index (χ3v) is 16.4. The van der Waals surface area contributed by atoms with Crippen molar-refractivity contribution in [3.8, 4) is 0 Å². The summed E-state index contributed by atoms with van der Waals surface area (Å²) in [6, 6.07) is 0. The van der Waals surface area contributed by atoms with E-state index in [1.807, 2.05) is 0 Å². The van der Waals surface area contributed by atoms with Crippen LogP contribution in [0.4, 0.5) is 0 Å². The topological polar surface area (TPSA) is 152 Å². The van der Waals surface area contributed by atoms with Crippen LogP contribution in [-0.2, 0) is 47.7 Å². The summed E-state index contributed by atoms with van der Waals surface area (Å²) in [5.74, 6) is -1.55. The first-order valence-electron chi connectivity index (χ1n) is 20.7. The summed E-state index contributed by atoms with van der Waals surface area (Å²) >= 11 is 0. The third kappa shape index (κ3) is 6.78. The minimum absolute atomic E-state index is 0.0105. The van der Waals surface area contributed by atoms with Gasteiger partial charge in [-0.15, -0.1) is 0 Å². The Bertz CT molecular complexity index is 1610. The number of esters is 4. The Morgan fingerprint density at radius 1 is 0.782 bits per heavy atom. The highest BCUT2D eigenvalue weighted by Crippen LogP contribution is 2.76. The van der Waals surface area contributed by atoms with Crippen LogP contribution >= 0.6 is 0 Å². The van der Waals surface area contributed by atoms with Gasteiger partial charge in [-0.25, -0.2) is 0 Å². The summed E-state index contributed by atoms with van der Waals surface area (Å²) in [6.45, 7) is 20.9. The zero-order chi connectivity index (χ0) is 40.7. The number of aliphatic hydroxyl groups excluding tert-OH is 1. The zero-order valence-electron chi connectivity index (χ0n) is 35.1. The zero-order valence-corrected chi connectivity index (χ0v) is 35.1. The SMILES string of the molecule is CC(=O)OCC1O[C@@H](C(O)[C@]23CCC(C)(C)CC2C2=CCC4[C@@]5(C)CCC(=O)C(C)(C)C5CC[C@@]4(C)[C@]2(C)CC3)C(OC(C)=O)[C@@H](OC(C)=O)[C@@H]1OC(C)=O. The molecule has 6 unspecified atom stereocenters. The van der Waals surface area contributed by atoms with E-state index in [4.69, 9.17) is 23.7 Å². The minimum atomic E-state index is -1.33. The Morgan fingerprint density at radius 2 is 1.38 bits per heavy atom. The van der Waals surface area contributed by atoms with Crippen LogP contribution < -0.4 is 0 Å². The number of carbonyl (C=O) groups excluding carboxylic acids is 5. The molecule has 308 valence electrons. The molecule has 0 amide bonds. The summed E-state index contributed by atoms with van der Waals surface area (Å²) in [5.41, 5.74) is 0.206. The molecule has 6 rings (SSSR count). The maximum absolute atomic E-state index is 13.3. The molecule has 13 atom stereocenters. The van der Waals surface area contributed by atoms with Crippen molar-refractivity contribution >= 4 is 29.7 Å². The number of fused-ring (bicyclic) bond motifs is 7. The predicted octanol–water partition coefficient (Wildman–Crippen LogP) is 6.84. The molecule has 1 saturated heterocycles. The average Bonchev–Trinajstić information content (AvgIpc) is 3.06. The van der Waals surface area contributed by atoms with Crippen molar-refractivity contribution in [2.45, 2.75) is 177 Å². The van der Waals surface area contributed by atoms with E-state index in [-0.39, 0.29) is 39.6 Å². The molecule has 0 spiro atoms. The van der Waals surface area contributed by atoms with Crippen molar-refractivity contribution < 1.29 is 52.8 Å². The van der Waals surface area contributed by atoms with Crippen LogP contribution in [0.25, 0.3) is 0 Å². The van der Waals surface area contributed by atoms with Crippen LogP contribution in [0, 0.1) is 50.2 Å². The van der Waals surface area contributed by atoms with Gasteiger partial charge in [-0.05, 0) is 97.2 Å². The van der Waals surface area contributed by atoms with Gasteiger partial charge in [0.05, 0.1) is 6.10 Å². The molecule has 4 saturated carbocycles. The van der Waals surface area contributed by atoms with Crippen LogP contribution in [0.2, 0.25) is 0 Å². The lowest BCUT2D eigenvalue weighted by molar-refractivity contribution is -0.282. The number of carbonyl (C=O) groups is 5. The number of aliphatic hydroxyl groups is 1. The van der Waals surface area contributed by atoms with E-state index in [1.54, 1.807) is 0 Å². The molecule has 6 aliphatic rings. The molecule has 11 heteroatoms. The second-order valence-corrected chi connectivity index (χ2v) is 20.2. The van der Waals surface area contributed by atoms with Crippen molar-refractivity contribution in [2.75, 3.05) is 6.61 Å². The minimum Gasteiger partial charge on any atom is -0.463 e. The number of hydrogen-bond acceptors (Lipinski definition) is 11. The fraction of sp³-hybridized carbons (Fsp3) is 0.841. The number of allylic oxidation sites excluding steroid dienone is 2. The van der Waals surface area contributed by atoms with Gasteiger partial charge < -0.3 is 28.8 Å². The van der Waals surface area contributed by atoms with Crippen molar-refractivity contribution in [3.05, 3.63) is 11.6 Å². The first kappa shape index (κ1) is 41.8. The summed E-state index contributed by atoms with van der Waals surface area (Å²) in [7, 11) is 0. The highest BCUT2D eigenvalue weighted by atomic mass is 16.7. The average molecular weight is 771 g/mol. The molecule has 0 aromatic heterocycles. The molecule has 1 heterocycles. The number of ketones is 1. The van der Waals surface area contributed by atoms with E-state index in [0.717, 1.165) is 44.9 Å². The van der Waals surface area contributed by atoms with Crippen molar-refractivity contribution in [3.63, 3.8) is 0 Å². The van der Waals surface area contributed by atoms with Gasteiger partial charge in [-0.2, -0.15) is 0 Å². The maximum atomic E-state index is 13.3. The van der Waals surface area contributed by atoms with Gasteiger partial charge in [0.15, 0.2) is 18.3 Å². The molecule has 0 bridgehead atoms. The Labute approximate surface area is 327 Å². The number of Topliss-reactive ketones (excluding diaryl/α,β-unsaturated/α-hetero) is 1. The molecule has 0 aromatic rings. The maximum Gasteiger partial charge on any atom is 0.303 e. The molecule has 11 nitrogen and oxygen atoms in total. The van der Waals surface area contributed by atoms with E-state index in [2.05, 4.69) is 54.5 Å². The van der Waals surface area contributed by atoms with E-state index in [9.17, 15) is 29.1 Å². The van der Waals surface area contributed by atoms with E-state index >= 15 is 0 Å². The molecule has 1 N–H and O–H groups in total. The fourth-order valence-corrected chi connectivity index (χ4v) is 13.4. The van der Waals surface area contributed by atoms with Gasteiger partial charge in [0, 0.05) is 44.9 Å². The Kier molecular flexibility index (Phi) is 10.8. The van der Waals surface area contributed by atoms with Gasteiger partial charge in [-0.3, -0.25) is 24.0 Å². The predicted molar refractivity (Wildman–Crippen MR) is 202 cm³/mol. The first-order valence-corrected chi connectivity index (χ1v) is 20.7. The van der Waals surface area contributed by atoms with Gasteiger partial charge in [-0.1, -0.05) is 60.1 Å². The van der Waals surface area contributed by atoms with Crippen LogP contribution in [0.15, 0.2) is 11.6 Å². The van der Waals surface area contributed by atoms with E-state index < -0.39 is 65.9 Å². The summed E-state index contributed by atoms with van der Waals surface area (Å²) in [5, 5.41) is 13.1. The van der Waals surface area contributed by atoms with Gasteiger partial charge in [0.1, 0.15) is 24.6 Å². The lowest BCUT2D eigenvalue weighted by Gasteiger charge is -2.71. The largest absolute Gasteiger partial charge is 0.463 e. The Hall–Kier alpha value is -2.79. The highest BCUT2D eigenvalue weighted by Gasteiger charge is 2.70. The second kappa shape index (κ2) is 14.2. The summed E-state index contributed by atoms with van der Waals surface area (Å²) in [6.07, 6.45) is 3.51. The van der Waals surface area contributed by atoms with E-state index in [0.29, 0.717) is 36.9 Å². The summed E-state index contributed by atoms with van der Waals surface area (Å²) < 4.78 is 29.3. The molecule has 1 aliphatic heterocycles. The molecule has 5 fully saturated rings. The van der Waals surface area contributed by atoms with Crippen LogP contribution in [-0.4, -0.2) is 78.0 Å². The molecular formula is C44H66O11. The standard InChI is InChI=1S/C44H66O11/c1-24(45)51-23-30-34(52-25(2)46)35(53-26(3)47)36(54-27(4)48)37(55-30)38(50)44-20-18-39(5,6)22-29(44)28-12-13-32-41(9)16-15-33(49)40(7,8)31(41)14-17-43(32,11)42(28,10)19-21-44/h12,29-32,34-38,50H,13-23H2,1-11H3/t29?,30?,31?,32?,34-,35+,36?,37-,38?,41+,42-,43-,44+/m1/s1. The smallest absolute Gasteiger partial charge is 0.303 e. The number of ether oxygens (including phenoxy) is 5. The molecule has 0 radical (unpaired) electrons. The van der Waals surface area contributed by atoms with Gasteiger partial charge >= 0.3 is 23.9 Å². The number of rotatable bonds is 7. The monoisotopic (exact) mass is 770 g/mol. The van der Waals surface area contributed by atoms with Gasteiger partial charge in [0.25, 0.3) is 0 Å². The van der Waals surface area contributed by atoms with E-state index in [1.165, 1.54) is 33.3 Å². The Morgan fingerprint density at radius 3 is 2.00 bits per heavy atom. The molecular weight excluding hydrogens is 704 g/mol. The van der Waals surface area contributed by atoms with Crippen LogP contribution in [0.5, 0.6) is 0 Å². The quantitative estimate of drug-likeness (QED) is 0.165. The fourth-order valence-electron chi connectivity index (χ4n) is 13.4. The lowest BCUT2D eigenvalue weighted by Crippen LogP contribution is -2.69. The third-order valence-electron chi connectivity index (χ3n) is 16.4. The molecule has 5 aliphatic carbocycles. The normalized spacial score (nSPS) is 43.5. The van der Waals surface area contributed by atoms with Crippen molar-refractivity contribution in [2.24, 2.45) is 50.2 Å². The second-order valence-electron chi connectivity index (χ2n) is 20.2. The van der Waals surface area contributed by atoms with Crippen molar-refractivity contribution in [1.82, 2.24) is 0 Å². The molecule has 0 aromatic carbocycles. The first-order chi connectivity index (χ1) is 25.4. The highest BCUT2D eigenvalue weighted by molar-refractivity contribution is 5.85. The van der Waals surface area contributed by atoms with Crippen molar-refractivity contribution in [1.29, 1.82) is 0 Å². The van der Waals surface area contributed by atoms with Gasteiger partial charge in [0.2, 0.25) is 0 Å². The number of hydrogen-bond donors (Lipinski definition) is 1. The lowest BCUT2D eigenvalue weighted by atomic mass is 9.33.